The predicted molar refractivity (Wildman–Crippen MR) is 106 cm³/mol. The highest BCUT2D eigenvalue weighted by atomic mass is 32.1. The van der Waals surface area contributed by atoms with Crippen molar-refractivity contribution in [2.24, 2.45) is 0 Å². The van der Waals surface area contributed by atoms with Crippen molar-refractivity contribution in [2.45, 2.75) is 39.7 Å². The van der Waals surface area contributed by atoms with Crippen molar-refractivity contribution in [1.82, 2.24) is 15.1 Å². The van der Waals surface area contributed by atoms with Gasteiger partial charge in [-0.1, -0.05) is 31.5 Å². The predicted octanol–water partition coefficient (Wildman–Crippen LogP) is 3.86. The van der Waals surface area contributed by atoms with Gasteiger partial charge < -0.3 is 10.1 Å². The van der Waals surface area contributed by atoms with Gasteiger partial charge >= 0.3 is 5.97 Å². The molecular weight excluding hydrogens is 362 g/mol. The number of aryl methyl sites for hydroxylation is 1. The molecule has 0 spiro atoms. The monoisotopic (exact) mass is 385 g/mol. The van der Waals surface area contributed by atoms with E-state index in [1.807, 2.05) is 48.9 Å². The van der Waals surface area contributed by atoms with Crippen LogP contribution in [0, 0.1) is 6.92 Å². The molecule has 7 heteroatoms. The van der Waals surface area contributed by atoms with Gasteiger partial charge in [-0.3, -0.25) is 4.79 Å². The summed E-state index contributed by atoms with van der Waals surface area (Å²) in [5.74, 6) is -0.773. The zero-order chi connectivity index (χ0) is 19.4. The summed E-state index contributed by atoms with van der Waals surface area (Å²) in [6.45, 7) is 5.63. The fourth-order valence-corrected chi connectivity index (χ4v) is 3.99. The van der Waals surface area contributed by atoms with Gasteiger partial charge in [-0.2, -0.15) is 5.10 Å². The van der Waals surface area contributed by atoms with Crippen LogP contribution in [-0.2, 0) is 9.53 Å². The van der Waals surface area contributed by atoms with Gasteiger partial charge in [0.25, 0.3) is 5.91 Å². The number of para-hydroxylation sites is 1. The van der Waals surface area contributed by atoms with E-state index in [0.29, 0.717) is 4.88 Å². The van der Waals surface area contributed by atoms with Gasteiger partial charge in [0.15, 0.2) is 6.61 Å². The van der Waals surface area contributed by atoms with Crippen LogP contribution in [0.2, 0.25) is 0 Å². The number of esters is 1. The van der Waals surface area contributed by atoms with Gasteiger partial charge in [0.1, 0.15) is 9.71 Å². The second kappa shape index (κ2) is 8.35. The van der Waals surface area contributed by atoms with Crippen molar-refractivity contribution in [3.05, 3.63) is 47.0 Å². The Kier molecular flexibility index (Phi) is 5.91. The molecular formula is C20H23N3O3S. The first-order valence-corrected chi connectivity index (χ1v) is 9.82. The summed E-state index contributed by atoms with van der Waals surface area (Å²) in [7, 11) is 0. The molecule has 0 aliphatic heterocycles. The van der Waals surface area contributed by atoms with Crippen LogP contribution >= 0.6 is 11.3 Å². The van der Waals surface area contributed by atoms with Crippen LogP contribution in [0.1, 0.15) is 42.1 Å². The summed E-state index contributed by atoms with van der Waals surface area (Å²) in [4.78, 5) is 25.6. The number of amides is 1. The molecule has 1 atom stereocenters. The lowest BCUT2D eigenvalue weighted by molar-refractivity contribution is -0.124. The molecule has 3 rings (SSSR count). The molecule has 0 bridgehead atoms. The Morgan fingerprint density at radius 2 is 2.04 bits per heavy atom. The molecule has 1 aromatic carbocycles. The number of ether oxygens (including phenoxy) is 1. The Hall–Kier alpha value is -2.67. The standard InChI is InChI=1S/C20H23N3O3S/c1-4-8-13(2)21-18(24)12-26-20(25)17-11-16-14(3)22-23(19(16)27-17)15-9-6-5-7-10-15/h5-7,9-11,13H,4,8,12H2,1-3H3,(H,21,24)/t13-/m0/s1. The number of nitrogens with one attached hydrogen (secondary N) is 1. The van der Waals surface area contributed by atoms with Crippen molar-refractivity contribution in [3.8, 4) is 5.69 Å². The third-order valence-corrected chi connectivity index (χ3v) is 5.30. The molecule has 0 saturated heterocycles. The fraction of sp³-hybridized carbons (Fsp3) is 0.350. The zero-order valence-corrected chi connectivity index (χ0v) is 16.5. The largest absolute Gasteiger partial charge is 0.451 e. The first kappa shape index (κ1) is 19.1. The molecule has 1 N–H and O–H groups in total. The maximum absolute atomic E-state index is 12.4. The fourth-order valence-electron chi connectivity index (χ4n) is 2.92. The van der Waals surface area contributed by atoms with Crippen LogP contribution in [-0.4, -0.2) is 34.3 Å². The number of hydrogen-bond donors (Lipinski definition) is 1. The van der Waals surface area contributed by atoms with E-state index >= 15 is 0 Å². The molecule has 0 unspecified atom stereocenters. The molecule has 0 aliphatic carbocycles. The Labute approximate surface area is 162 Å². The summed E-state index contributed by atoms with van der Waals surface area (Å²) in [6, 6.07) is 11.6. The van der Waals surface area contributed by atoms with E-state index in [1.54, 1.807) is 6.07 Å². The number of carbonyl (C=O) groups is 2. The molecule has 142 valence electrons. The number of benzene rings is 1. The lowest BCUT2D eigenvalue weighted by atomic mass is 10.2. The third-order valence-electron chi connectivity index (χ3n) is 4.21. The van der Waals surface area contributed by atoms with E-state index in [0.717, 1.165) is 34.4 Å². The van der Waals surface area contributed by atoms with E-state index in [-0.39, 0.29) is 18.6 Å². The van der Waals surface area contributed by atoms with E-state index in [9.17, 15) is 9.59 Å². The van der Waals surface area contributed by atoms with Crippen LogP contribution in [0.25, 0.3) is 15.9 Å². The van der Waals surface area contributed by atoms with Crippen molar-refractivity contribution >= 4 is 33.4 Å². The number of fused-ring (bicyclic) bond motifs is 1. The Bertz CT molecular complexity index is 946. The van der Waals surface area contributed by atoms with Crippen LogP contribution < -0.4 is 5.32 Å². The number of rotatable bonds is 7. The average molecular weight is 385 g/mol. The topological polar surface area (TPSA) is 73.2 Å². The van der Waals surface area contributed by atoms with Gasteiger partial charge in [0.2, 0.25) is 0 Å². The van der Waals surface area contributed by atoms with Crippen molar-refractivity contribution in [1.29, 1.82) is 0 Å². The van der Waals surface area contributed by atoms with Crippen LogP contribution in [0.3, 0.4) is 0 Å². The van der Waals surface area contributed by atoms with Gasteiger partial charge in [0, 0.05) is 11.4 Å². The highest BCUT2D eigenvalue weighted by molar-refractivity contribution is 7.20. The first-order chi connectivity index (χ1) is 13.0. The van der Waals surface area contributed by atoms with Gasteiger partial charge in [0.05, 0.1) is 11.4 Å². The molecule has 0 aliphatic rings. The van der Waals surface area contributed by atoms with Crippen LogP contribution in [0.4, 0.5) is 0 Å². The minimum absolute atomic E-state index is 0.0741. The molecule has 6 nitrogen and oxygen atoms in total. The van der Waals surface area contributed by atoms with E-state index in [1.165, 1.54) is 11.3 Å². The number of thiophene rings is 1. The normalized spacial score (nSPS) is 12.1. The van der Waals surface area contributed by atoms with Crippen LogP contribution in [0.15, 0.2) is 36.4 Å². The van der Waals surface area contributed by atoms with Crippen LogP contribution in [0.5, 0.6) is 0 Å². The maximum atomic E-state index is 12.4. The second-order valence-corrected chi connectivity index (χ2v) is 7.53. The second-order valence-electron chi connectivity index (χ2n) is 6.50. The molecule has 2 heterocycles. The highest BCUT2D eigenvalue weighted by Crippen LogP contribution is 2.30. The minimum Gasteiger partial charge on any atom is -0.451 e. The number of nitrogens with zero attached hydrogens (tertiary/aromatic N) is 2. The number of aromatic nitrogens is 2. The molecule has 3 aromatic rings. The molecule has 0 fully saturated rings. The lowest BCUT2D eigenvalue weighted by Crippen LogP contribution is -2.35. The highest BCUT2D eigenvalue weighted by Gasteiger charge is 2.19. The van der Waals surface area contributed by atoms with Crippen molar-refractivity contribution in [3.63, 3.8) is 0 Å². The molecule has 0 radical (unpaired) electrons. The summed E-state index contributed by atoms with van der Waals surface area (Å²) < 4.78 is 7.01. The van der Waals surface area contributed by atoms with E-state index in [2.05, 4.69) is 17.3 Å². The van der Waals surface area contributed by atoms with Crippen molar-refractivity contribution < 1.29 is 14.3 Å². The van der Waals surface area contributed by atoms with E-state index < -0.39 is 5.97 Å². The van der Waals surface area contributed by atoms with Gasteiger partial charge in [-0.05, 0) is 38.5 Å². The zero-order valence-electron chi connectivity index (χ0n) is 15.7. The Balaban J connectivity index is 1.72. The molecule has 1 amide bonds. The number of carbonyl (C=O) groups excluding carboxylic acids is 2. The SMILES string of the molecule is CCC[C@H](C)NC(=O)COC(=O)c1cc2c(C)nn(-c3ccccc3)c2s1. The summed E-state index contributed by atoms with van der Waals surface area (Å²) >= 11 is 1.32. The van der Waals surface area contributed by atoms with E-state index in [4.69, 9.17) is 4.74 Å². The third kappa shape index (κ3) is 4.36. The minimum atomic E-state index is -0.492. The first-order valence-electron chi connectivity index (χ1n) is 9.00. The maximum Gasteiger partial charge on any atom is 0.348 e. The van der Waals surface area contributed by atoms with Crippen molar-refractivity contribution in [2.75, 3.05) is 6.61 Å². The van der Waals surface area contributed by atoms with Gasteiger partial charge in [-0.15, -0.1) is 11.3 Å². The molecule has 0 saturated carbocycles. The number of hydrogen-bond acceptors (Lipinski definition) is 5. The quantitative estimate of drug-likeness (QED) is 0.627. The summed E-state index contributed by atoms with van der Waals surface area (Å²) in [5, 5.41) is 8.29. The summed E-state index contributed by atoms with van der Waals surface area (Å²) in [5.41, 5.74) is 1.77. The molecule has 2 aromatic heterocycles. The Morgan fingerprint density at radius 1 is 1.30 bits per heavy atom. The molecule has 27 heavy (non-hydrogen) atoms. The summed E-state index contributed by atoms with van der Waals surface area (Å²) in [6.07, 6.45) is 1.88. The average Bonchev–Trinajstić information content (AvgIpc) is 3.21. The Morgan fingerprint density at radius 3 is 2.74 bits per heavy atom. The lowest BCUT2D eigenvalue weighted by Gasteiger charge is -2.12. The smallest absolute Gasteiger partial charge is 0.348 e. The van der Waals surface area contributed by atoms with Gasteiger partial charge in [-0.25, -0.2) is 9.48 Å².